The second kappa shape index (κ2) is 6.50. The van der Waals surface area contributed by atoms with Crippen molar-refractivity contribution in [2.75, 3.05) is 53.6 Å². The molecule has 21 heavy (non-hydrogen) atoms. The Labute approximate surface area is 128 Å². The van der Waals surface area contributed by atoms with Crippen LogP contribution < -0.4 is 0 Å². The van der Waals surface area contributed by atoms with Gasteiger partial charge in [-0.05, 0) is 52.4 Å². The smallest absolute Gasteiger partial charge is 0.0940 e. The average Bonchev–Trinajstić information content (AvgIpc) is 2.84. The van der Waals surface area contributed by atoms with E-state index in [0.717, 1.165) is 52.1 Å². The number of likely N-dealkylation sites (N-methyl/N-ethyl adjacent to an activating group) is 2. The second-order valence-corrected chi connectivity index (χ2v) is 7.24. The van der Waals surface area contributed by atoms with Gasteiger partial charge >= 0.3 is 0 Å². The van der Waals surface area contributed by atoms with Gasteiger partial charge in [0.05, 0.1) is 18.3 Å². The van der Waals surface area contributed by atoms with E-state index in [1.807, 2.05) is 0 Å². The lowest BCUT2D eigenvalue weighted by Crippen LogP contribution is -2.52. The van der Waals surface area contributed by atoms with E-state index in [4.69, 9.17) is 9.47 Å². The molecule has 0 aliphatic carbocycles. The third kappa shape index (κ3) is 3.42. The second-order valence-electron chi connectivity index (χ2n) is 7.24. The molecule has 0 aromatic heterocycles. The fourth-order valence-electron chi connectivity index (χ4n) is 4.21. The molecule has 3 aliphatic heterocycles. The quantitative estimate of drug-likeness (QED) is 0.807. The first-order valence-electron chi connectivity index (χ1n) is 8.38. The fraction of sp³-hybridized carbons (Fsp3) is 1.00. The molecule has 3 aliphatic rings. The van der Waals surface area contributed by atoms with Crippen molar-refractivity contribution in [2.45, 2.75) is 43.4 Å². The van der Waals surface area contributed by atoms with E-state index in [1.165, 1.54) is 6.42 Å². The van der Waals surface area contributed by atoms with Crippen molar-refractivity contribution in [1.82, 2.24) is 9.80 Å². The van der Waals surface area contributed by atoms with Crippen molar-refractivity contribution in [2.24, 2.45) is 5.92 Å². The summed E-state index contributed by atoms with van der Waals surface area (Å²) in [6.45, 7) is 5.42. The molecule has 4 unspecified atom stereocenters. The number of hydrogen-bond acceptors (Lipinski definition) is 5. The molecule has 0 amide bonds. The molecule has 0 saturated carbocycles. The highest BCUT2D eigenvalue weighted by Crippen LogP contribution is 2.38. The van der Waals surface area contributed by atoms with Crippen LogP contribution in [0.1, 0.15) is 25.7 Å². The maximum absolute atomic E-state index is 11.0. The van der Waals surface area contributed by atoms with Crippen molar-refractivity contribution in [3.63, 3.8) is 0 Å². The zero-order valence-electron chi connectivity index (χ0n) is 13.5. The molecule has 1 N–H and O–H groups in total. The molecular weight excluding hydrogens is 268 g/mol. The van der Waals surface area contributed by atoms with E-state index in [0.29, 0.717) is 12.5 Å². The maximum atomic E-state index is 11.0. The summed E-state index contributed by atoms with van der Waals surface area (Å²) in [5.41, 5.74) is -0.112. The number of rotatable bonds is 2. The zero-order valence-corrected chi connectivity index (χ0v) is 13.5. The lowest BCUT2D eigenvalue weighted by molar-refractivity contribution is -0.125. The van der Waals surface area contributed by atoms with E-state index in [9.17, 15) is 5.11 Å². The van der Waals surface area contributed by atoms with E-state index in [-0.39, 0.29) is 17.7 Å². The summed E-state index contributed by atoms with van der Waals surface area (Å²) in [4.78, 5) is 4.70. The molecule has 3 rings (SSSR count). The molecule has 3 fully saturated rings. The lowest BCUT2D eigenvalue weighted by atomic mass is 9.80. The van der Waals surface area contributed by atoms with Crippen LogP contribution >= 0.6 is 0 Å². The molecule has 0 aromatic rings. The van der Waals surface area contributed by atoms with E-state index >= 15 is 0 Å². The Kier molecular flexibility index (Phi) is 4.86. The molecule has 3 heterocycles. The predicted molar refractivity (Wildman–Crippen MR) is 81.4 cm³/mol. The number of aliphatic hydroxyl groups is 1. The summed E-state index contributed by atoms with van der Waals surface area (Å²) < 4.78 is 11.6. The van der Waals surface area contributed by atoms with Gasteiger partial charge in [0, 0.05) is 32.2 Å². The van der Waals surface area contributed by atoms with E-state index in [2.05, 4.69) is 23.9 Å². The highest BCUT2D eigenvalue weighted by molar-refractivity contribution is 4.95. The van der Waals surface area contributed by atoms with Gasteiger partial charge in [-0.15, -0.1) is 0 Å². The van der Waals surface area contributed by atoms with Crippen LogP contribution in [0.15, 0.2) is 0 Å². The molecule has 0 bridgehead atoms. The predicted octanol–water partition coefficient (Wildman–Crippen LogP) is 0.569. The largest absolute Gasteiger partial charge is 0.391 e. The first-order chi connectivity index (χ1) is 10.1. The maximum Gasteiger partial charge on any atom is 0.0940 e. The SMILES string of the molecule is CN1CCCN(C)C(C(O)C2CCOC3(CCOC3)C2)C1. The fourth-order valence-corrected chi connectivity index (χ4v) is 4.21. The van der Waals surface area contributed by atoms with Gasteiger partial charge in [-0.3, -0.25) is 4.90 Å². The Morgan fingerprint density at radius 1 is 1.24 bits per heavy atom. The Balaban J connectivity index is 1.66. The summed E-state index contributed by atoms with van der Waals surface area (Å²) in [7, 11) is 4.32. The van der Waals surface area contributed by atoms with Crippen LogP contribution in [0.5, 0.6) is 0 Å². The van der Waals surface area contributed by atoms with Crippen molar-refractivity contribution in [3.05, 3.63) is 0 Å². The Morgan fingerprint density at radius 2 is 2.10 bits per heavy atom. The normalized spacial score (nSPS) is 41.3. The van der Waals surface area contributed by atoms with Crippen LogP contribution in [0.3, 0.4) is 0 Å². The van der Waals surface area contributed by atoms with Gasteiger partial charge in [-0.1, -0.05) is 0 Å². The number of aliphatic hydroxyl groups excluding tert-OH is 1. The minimum atomic E-state index is -0.267. The standard InChI is InChI=1S/C16H30N2O3/c1-17-6-3-7-18(2)14(11-17)15(19)13-4-8-21-16(10-13)5-9-20-12-16/h13-15,19H,3-12H2,1-2H3. The van der Waals surface area contributed by atoms with Crippen molar-refractivity contribution >= 4 is 0 Å². The monoisotopic (exact) mass is 298 g/mol. The van der Waals surface area contributed by atoms with E-state index < -0.39 is 0 Å². The number of nitrogens with zero attached hydrogens (tertiary/aromatic N) is 2. The van der Waals surface area contributed by atoms with Gasteiger partial charge in [-0.25, -0.2) is 0 Å². The summed E-state index contributed by atoms with van der Waals surface area (Å²) >= 11 is 0. The van der Waals surface area contributed by atoms with E-state index in [1.54, 1.807) is 0 Å². The van der Waals surface area contributed by atoms with Crippen molar-refractivity contribution < 1.29 is 14.6 Å². The Hall–Kier alpha value is -0.200. The summed E-state index contributed by atoms with van der Waals surface area (Å²) in [5, 5.41) is 11.0. The number of hydrogen-bond donors (Lipinski definition) is 1. The summed E-state index contributed by atoms with van der Waals surface area (Å²) in [6.07, 6.45) is 3.81. The number of ether oxygens (including phenoxy) is 2. The topological polar surface area (TPSA) is 45.2 Å². The third-order valence-corrected chi connectivity index (χ3v) is 5.59. The molecule has 0 aromatic carbocycles. The molecule has 4 atom stereocenters. The summed E-state index contributed by atoms with van der Waals surface area (Å²) in [5.74, 6) is 0.333. The van der Waals surface area contributed by atoms with Crippen LogP contribution in [-0.2, 0) is 9.47 Å². The molecule has 5 heteroatoms. The van der Waals surface area contributed by atoms with Crippen LogP contribution in [0.4, 0.5) is 0 Å². The zero-order chi connectivity index (χ0) is 14.9. The first kappa shape index (κ1) is 15.7. The first-order valence-corrected chi connectivity index (χ1v) is 8.38. The van der Waals surface area contributed by atoms with Gasteiger partial charge in [0.15, 0.2) is 0 Å². The molecule has 3 saturated heterocycles. The highest BCUT2D eigenvalue weighted by atomic mass is 16.6. The Morgan fingerprint density at radius 3 is 2.86 bits per heavy atom. The van der Waals surface area contributed by atoms with Gasteiger partial charge in [-0.2, -0.15) is 0 Å². The van der Waals surface area contributed by atoms with Crippen molar-refractivity contribution in [1.29, 1.82) is 0 Å². The van der Waals surface area contributed by atoms with Crippen LogP contribution in [0.25, 0.3) is 0 Å². The average molecular weight is 298 g/mol. The van der Waals surface area contributed by atoms with Gasteiger partial charge in [0.1, 0.15) is 0 Å². The van der Waals surface area contributed by atoms with Gasteiger partial charge in [0.25, 0.3) is 0 Å². The molecule has 5 nitrogen and oxygen atoms in total. The van der Waals surface area contributed by atoms with Crippen molar-refractivity contribution in [3.8, 4) is 0 Å². The molecule has 0 radical (unpaired) electrons. The lowest BCUT2D eigenvalue weighted by Gasteiger charge is -2.42. The molecular formula is C16H30N2O3. The summed E-state index contributed by atoms with van der Waals surface area (Å²) in [6, 6.07) is 0.236. The minimum absolute atomic E-state index is 0.112. The minimum Gasteiger partial charge on any atom is -0.391 e. The Bertz CT molecular complexity index is 346. The molecule has 1 spiro atoms. The highest BCUT2D eigenvalue weighted by Gasteiger charge is 2.44. The van der Waals surface area contributed by atoms with Crippen LogP contribution in [0, 0.1) is 5.92 Å². The van der Waals surface area contributed by atoms with Crippen LogP contribution in [-0.4, -0.2) is 86.2 Å². The third-order valence-electron chi connectivity index (χ3n) is 5.59. The van der Waals surface area contributed by atoms with Crippen LogP contribution in [0.2, 0.25) is 0 Å². The molecule has 122 valence electrons. The van der Waals surface area contributed by atoms with Gasteiger partial charge < -0.3 is 19.5 Å². The van der Waals surface area contributed by atoms with Gasteiger partial charge in [0.2, 0.25) is 0 Å².